The summed E-state index contributed by atoms with van der Waals surface area (Å²) in [6.07, 6.45) is 0. The lowest BCUT2D eigenvalue weighted by Gasteiger charge is -2.10. The normalized spacial score (nSPS) is 10.6. The number of ether oxygens (including phenoxy) is 1. The number of halogens is 1. The zero-order valence-electron chi connectivity index (χ0n) is 16.5. The first-order chi connectivity index (χ1) is 15.0. The van der Waals surface area contributed by atoms with Crippen molar-refractivity contribution in [2.75, 3.05) is 5.32 Å². The lowest BCUT2D eigenvalue weighted by Crippen LogP contribution is -2.29. The lowest BCUT2D eigenvalue weighted by molar-refractivity contribution is -0.117. The van der Waals surface area contributed by atoms with Gasteiger partial charge in [-0.3, -0.25) is 9.59 Å². The summed E-state index contributed by atoms with van der Waals surface area (Å²) in [6, 6.07) is 21.1. The van der Waals surface area contributed by atoms with Gasteiger partial charge in [-0.2, -0.15) is 5.10 Å². The fourth-order valence-electron chi connectivity index (χ4n) is 2.86. The second-order valence-corrected chi connectivity index (χ2v) is 8.42. The number of nitrogens with zero attached hydrogens (tertiary/aromatic N) is 2. The molecule has 0 aliphatic carbocycles. The maximum Gasteiger partial charge on any atom is 0.267 e. The molecule has 0 unspecified atom stereocenters. The summed E-state index contributed by atoms with van der Waals surface area (Å²) in [5.74, 6) is 0.782. The third kappa shape index (κ3) is 5.20. The molecule has 2 aromatic carbocycles. The van der Waals surface area contributed by atoms with E-state index in [0.717, 1.165) is 14.4 Å². The number of para-hydroxylation sites is 1. The predicted octanol–water partition coefficient (Wildman–Crippen LogP) is 5.36. The summed E-state index contributed by atoms with van der Waals surface area (Å²) >= 11 is 7.68. The summed E-state index contributed by atoms with van der Waals surface area (Å²) < 4.78 is 6.90. The molecule has 0 spiro atoms. The van der Waals surface area contributed by atoms with E-state index in [1.807, 2.05) is 31.2 Å². The highest BCUT2D eigenvalue weighted by Crippen LogP contribution is 2.29. The monoisotopic (exact) mass is 451 g/mol. The molecule has 0 aliphatic rings. The number of benzene rings is 2. The molecule has 8 heteroatoms. The van der Waals surface area contributed by atoms with Gasteiger partial charge in [0.05, 0.1) is 9.90 Å². The molecule has 0 radical (unpaired) electrons. The van der Waals surface area contributed by atoms with Gasteiger partial charge in [-0.05, 0) is 61.5 Å². The Balaban J connectivity index is 1.42. The van der Waals surface area contributed by atoms with Gasteiger partial charge < -0.3 is 10.1 Å². The molecule has 31 heavy (non-hydrogen) atoms. The highest BCUT2D eigenvalue weighted by molar-refractivity contribution is 7.15. The molecule has 6 nitrogen and oxygen atoms in total. The minimum Gasteiger partial charge on any atom is -0.456 e. The number of hydrogen-bond acceptors (Lipinski definition) is 5. The zero-order chi connectivity index (χ0) is 21.8. The Bertz CT molecular complexity index is 1280. The number of carbonyl (C=O) groups is 1. The van der Waals surface area contributed by atoms with Crippen LogP contribution >= 0.6 is 22.9 Å². The van der Waals surface area contributed by atoms with Crippen LogP contribution in [0.4, 0.5) is 5.69 Å². The van der Waals surface area contributed by atoms with E-state index >= 15 is 0 Å². The van der Waals surface area contributed by atoms with E-state index in [2.05, 4.69) is 10.4 Å². The average Bonchev–Trinajstić information content (AvgIpc) is 3.19. The van der Waals surface area contributed by atoms with Gasteiger partial charge in [-0.15, -0.1) is 11.3 Å². The summed E-state index contributed by atoms with van der Waals surface area (Å²) in [5.41, 5.74) is 0.900. The van der Waals surface area contributed by atoms with Gasteiger partial charge in [0.1, 0.15) is 23.7 Å². The van der Waals surface area contributed by atoms with Crippen molar-refractivity contribution in [3.63, 3.8) is 0 Å². The van der Waals surface area contributed by atoms with Crippen molar-refractivity contribution in [1.82, 2.24) is 9.78 Å². The third-order valence-electron chi connectivity index (χ3n) is 4.36. The first-order valence-electron chi connectivity index (χ1n) is 9.45. The van der Waals surface area contributed by atoms with Crippen LogP contribution in [0, 0.1) is 6.92 Å². The smallest absolute Gasteiger partial charge is 0.267 e. The van der Waals surface area contributed by atoms with E-state index in [9.17, 15) is 9.59 Å². The molecule has 4 aromatic rings. The highest BCUT2D eigenvalue weighted by atomic mass is 35.5. The van der Waals surface area contributed by atoms with Crippen LogP contribution in [0.3, 0.4) is 0 Å². The number of anilines is 1. The Kier molecular flexibility index (Phi) is 6.16. The first-order valence-corrected chi connectivity index (χ1v) is 10.6. The van der Waals surface area contributed by atoms with Crippen molar-refractivity contribution in [1.29, 1.82) is 0 Å². The molecule has 1 N–H and O–H groups in total. The van der Waals surface area contributed by atoms with Gasteiger partial charge in [-0.25, -0.2) is 4.68 Å². The average molecular weight is 452 g/mol. The largest absolute Gasteiger partial charge is 0.456 e. The summed E-state index contributed by atoms with van der Waals surface area (Å²) in [5, 5.41) is 7.61. The van der Waals surface area contributed by atoms with E-state index in [1.54, 1.807) is 53.8 Å². The van der Waals surface area contributed by atoms with Gasteiger partial charge >= 0.3 is 0 Å². The predicted molar refractivity (Wildman–Crippen MR) is 123 cm³/mol. The topological polar surface area (TPSA) is 73.2 Å². The maximum absolute atomic E-state index is 12.4. The van der Waals surface area contributed by atoms with Crippen LogP contribution in [0.5, 0.6) is 11.5 Å². The number of rotatable bonds is 6. The standard InChI is InChI=1S/C23H18ClN3O3S/c1-15-6-12-21(31-15)19-11-13-23(29)27(26-19)14-22(28)25-16-7-9-17(10-8-16)30-20-5-3-2-4-18(20)24/h2-13H,14H2,1H3,(H,25,28). The van der Waals surface area contributed by atoms with Crippen molar-refractivity contribution in [3.05, 3.63) is 93.0 Å². The highest BCUT2D eigenvalue weighted by Gasteiger charge is 2.10. The fourth-order valence-corrected chi connectivity index (χ4v) is 3.87. The number of amides is 1. The number of carbonyl (C=O) groups excluding carboxylic acids is 1. The third-order valence-corrected chi connectivity index (χ3v) is 5.69. The molecule has 0 aliphatic heterocycles. The number of thiophene rings is 1. The SMILES string of the molecule is Cc1ccc(-c2ccc(=O)n(CC(=O)Nc3ccc(Oc4ccccc4Cl)cc3)n2)s1. The maximum atomic E-state index is 12.4. The van der Waals surface area contributed by atoms with Gasteiger partial charge in [0.25, 0.3) is 5.56 Å². The molecular weight excluding hydrogens is 434 g/mol. The Labute approximate surface area is 187 Å². The van der Waals surface area contributed by atoms with Crippen LogP contribution in [0.15, 0.2) is 77.6 Å². The minimum atomic E-state index is -0.353. The Morgan fingerprint density at radius 2 is 1.84 bits per heavy atom. The zero-order valence-corrected chi connectivity index (χ0v) is 18.1. The number of aromatic nitrogens is 2. The number of hydrogen-bond donors (Lipinski definition) is 1. The molecule has 2 heterocycles. The van der Waals surface area contributed by atoms with Crippen molar-refractivity contribution < 1.29 is 9.53 Å². The van der Waals surface area contributed by atoms with Crippen LogP contribution < -0.4 is 15.6 Å². The minimum absolute atomic E-state index is 0.186. The van der Waals surface area contributed by atoms with Crippen molar-refractivity contribution in [2.24, 2.45) is 0 Å². The molecule has 156 valence electrons. The second kappa shape index (κ2) is 9.16. The molecule has 0 atom stereocenters. The number of aryl methyl sites for hydroxylation is 1. The number of nitrogens with one attached hydrogen (secondary N) is 1. The first kappa shape index (κ1) is 20.8. The molecule has 1 amide bonds. The summed E-state index contributed by atoms with van der Waals surface area (Å²) in [6.45, 7) is 1.82. The summed E-state index contributed by atoms with van der Waals surface area (Å²) in [4.78, 5) is 26.7. The van der Waals surface area contributed by atoms with Crippen LogP contribution in [0.25, 0.3) is 10.6 Å². The molecule has 0 bridgehead atoms. The van der Waals surface area contributed by atoms with E-state index in [4.69, 9.17) is 16.3 Å². The molecule has 0 fully saturated rings. The summed E-state index contributed by atoms with van der Waals surface area (Å²) in [7, 11) is 0. The van der Waals surface area contributed by atoms with Crippen LogP contribution in [-0.4, -0.2) is 15.7 Å². The van der Waals surface area contributed by atoms with Gasteiger partial charge in [0.2, 0.25) is 5.91 Å². The van der Waals surface area contributed by atoms with Gasteiger partial charge in [0, 0.05) is 16.6 Å². The molecular formula is C23H18ClN3O3S. The van der Waals surface area contributed by atoms with E-state index in [1.165, 1.54) is 6.07 Å². The molecule has 0 saturated heterocycles. The van der Waals surface area contributed by atoms with E-state index in [0.29, 0.717) is 27.9 Å². The van der Waals surface area contributed by atoms with E-state index in [-0.39, 0.29) is 18.0 Å². The molecule has 4 rings (SSSR count). The quantitative estimate of drug-likeness (QED) is 0.428. The Morgan fingerprint density at radius 1 is 1.06 bits per heavy atom. The Morgan fingerprint density at radius 3 is 2.55 bits per heavy atom. The van der Waals surface area contributed by atoms with Crippen LogP contribution in [-0.2, 0) is 11.3 Å². The van der Waals surface area contributed by atoms with E-state index < -0.39 is 0 Å². The second-order valence-electron chi connectivity index (χ2n) is 6.73. The van der Waals surface area contributed by atoms with Crippen molar-refractivity contribution in [3.8, 4) is 22.1 Å². The van der Waals surface area contributed by atoms with Crippen molar-refractivity contribution >= 4 is 34.5 Å². The van der Waals surface area contributed by atoms with Gasteiger partial charge in [-0.1, -0.05) is 23.7 Å². The van der Waals surface area contributed by atoms with Crippen molar-refractivity contribution in [2.45, 2.75) is 13.5 Å². The molecule has 0 saturated carbocycles. The lowest BCUT2D eigenvalue weighted by atomic mass is 10.3. The molecule has 2 aromatic heterocycles. The fraction of sp³-hybridized carbons (Fsp3) is 0.0870. The van der Waals surface area contributed by atoms with Crippen LogP contribution in [0.2, 0.25) is 5.02 Å². The van der Waals surface area contributed by atoms with Crippen LogP contribution in [0.1, 0.15) is 4.88 Å². The van der Waals surface area contributed by atoms with Gasteiger partial charge in [0.15, 0.2) is 0 Å². The Hall–Kier alpha value is -3.42.